The largest absolute Gasteiger partial charge is 0.352 e. The Labute approximate surface area is 95.0 Å². The van der Waals surface area contributed by atoms with Crippen LogP contribution in [0.5, 0.6) is 0 Å². The molecule has 88 valence electrons. The number of nitrogens with one attached hydrogen (secondary N) is 1. The first-order valence-electron chi connectivity index (χ1n) is 5.78. The maximum atomic E-state index is 11.7. The van der Waals surface area contributed by atoms with Crippen molar-refractivity contribution in [2.75, 3.05) is 0 Å². The molecule has 1 aliphatic rings. The molecule has 1 aromatic heterocycles. The summed E-state index contributed by atoms with van der Waals surface area (Å²) in [5.74, 6) is 0.0403. The van der Waals surface area contributed by atoms with Gasteiger partial charge in [-0.15, -0.1) is 0 Å². The summed E-state index contributed by atoms with van der Waals surface area (Å²) < 4.78 is 1.63. The molecule has 0 aromatic carbocycles. The van der Waals surface area contributed by atoms with Crippen molar-refractivity contribution in [3.05, 3.63) is 18.0 Å². The van der Waals surface area contributed by atoms with Gasteiger partial charge in [-0.05, 0) is 12.8 Å². The Bertz CT molecular complexity index is 355. The third-order valence-electron chi connectivity index (χ3n) is 2.95. The predicted molar refractivity (Wildman–Crippen MR) is 60.5 cm³/mol. The van der Waals surface area contributed by atoms with Gasteiger partial charge in [-0.25, -0.2) is 0 Å². The molecule has 0 radical (unpaired) electrons. The number of nitrogens with zero attached hydrogens (tertiary/aromatic N) is 2. The van der Waals surface area contributed by atoms with Crippen LogP contribution in [0.15, 0.2) is 12.4 Å². The van der Waals surface area contributed by atoms with Crippen LogP contribution >= 0.6 is 0 Å². The van der Waals surface area contributed by atoms with Crippen LogP contribution in [0.1, 0.15) is 31.2 Å². The molecule has 0 spiro atoms. The summed E-state index contributed by atoms with van der Waals surface area (Å²) in [6.45, 7) is 0.751. The maximum absolute atomic E-state index is 11.7. The minimum absolute atomic E-state index is 0.0403. The summed E-state index contributed by atoms with van der Waals surface area (Å²) in [6.07, 6.45) is 8.18. The summed E-state index contributed by atoms with van der Waals surface area (Å²) in [6, 6.07) is 0.372. The number of rotatable bonds is 4. The number of aromatic nitrogens is 2. The van der Waals surface area contributed by atoms with E-state index in [0.29, 0.717) is 12.6 Å². The summed E-state index contributed by atoms with van der Waals surface area (Å²) in [5, 5.41) is 7.10. The molecule has 0 bridgehead atoms. The second kappa shape index (κ2) is 5.12. The number of amides is 1. The molecule has 16 heavy (non-hydrogen) atoms. The van der Waals surface area contributed by atoms with E-state index in [4.69, 9.17) is 5.73 Å². The quantitative estimate of drug-likeness (QED) is 0.774. The van der Waals surface area contributed by atoms with Crippen molar-refractivity contribution in [1.82, 2.24) is 15.1 Å². The van der Waals surface area contributed by atoms with E-state index in [1.54, 1.807) is 10.9 Å². The van der Waals surface area contributed by atoms with Gasteiger partial charge in [0, 0.05) is 24.3 Å². The highest BCUT2D eigenvalue weighted by atomic mass is 16.2. The van der Waals surface area contributed by atoms with Crippen LogP contribution in [0.2, 0.25) is 0 Å². The molecular formula is C11H18N4O. The Morgan fingerprint density at radius 2 is 2.31 bits per heavy atom. The maximum Gasteiger partial charge on any atom is 0.241 e. The predicted octanol–water partition coefficient (Wildman–Crippen LogP) is 0.401. The topological polar surface area (TPSA) is 72.9 Å². The lowest BCUT2D eigenvalue weighted by atomic mass is 10.2. The minimum atomic E-state index is 0.0403. The Hall–Kier alpha value is -1.36. The third-order valence-corrected chi connectivity index (χ3v) is 2.95. The molecule has 5 heteroatoms. The fourth-order valence-corrected chi connectivity index (χ4v) is 2.09. The van der Waals surface area contributed by atoms with Crippen molar-refractivity contribution in [1.29, 1.82) is 0 Å². The standard InChI is InChI=1S/C11H18N4O/c12-5-9-6-13-15(7-9)8-11(16)14-10-3-1-2-4-10/h6-7,10H,1-5,8,12H2,(H,14,16). The zero-order valence-electron chi connectivity index (χ0n) is 9.35. The number of carbonyl (C=O) groups is 1. The number of nitrogens with two attached hydrogens (primary N) is 1. The van der Waals surface area contributed by atoms with E-state index < -0.39 is 0 Å². The van der Waals surface area contributed by atoms with Crippen LogP contribution in [0, 0.1) is 0 Å². The zero-order valence-corrected chi connectivity index (χ0v) is 9.35. The molecule has 1 heterocycles. The van der Waals surface area contributed by atoms with Crippen molar-refractivity contribution in [2.24, 2.45) is 5.73 Å². The first kappa shape index (κ1) is 11.1. The van der Waals surface area contributed by atoms with Crippen molar-refractivity contribution < 1.29 is 4.79 Å². The van der Waals surface area contributed by atoms with Crippen LogP contribution in [-0.2, 0) is 17.9 Å². The molecule has 0 aliphatic heterocycles. The van der Waals surface area contributed by atoms with Gasteiger partial charge in [0.25, 0.3) is 0 Å². The lowest BCUT2D eigenvalue weighted by Gasteiger charge is -2.11. The molecule has 1 saturated carbocycles. The van der Waals surface area contributed by atoms with E-state index in [0.717, 1.165) is 18.4 Å². The summed E-state index contributed by atoms with van der Waals surface area (Å²) in [7, 11) is 0. The number of hydrogen-bond donors (Lipinski definition) is 2. The Kier molecular flexibility index (Phi) is 3.56. The van der Waals surface area contributed by atoms with Crippen LogP contribution < -0.4 is 11.1 Å². The van der Waals surface area contributed by atoms with E-state index in [-0.39, 0.29) is 12.5 Å². The summed E-state index contributed by atoms with van der Waals surface area (Å²) in [5.41, 5.74) is 6.42. The Morgan fingerprint density at radius 3 is 2.94 bits per heavy atom. The molecule has 0 atom stereocenters. The van der Waals surface area contributed by atoms with Crippen molar-refractivity contribution in [3.63, 3.8) is 0 Å². The van der Waals surface area contributed by atoms with E-state index in [2.05, 4.69) is 10.4 Å². The van der Waals surface area contributed by atoms with Crippen LogP contribution in [0.25, 0.3) is 0 Å². The van der Waals surface area contributed by atoms with Crippen molar-refractivity contribution in [3.8, 4) is 0 Å². The molecular weight excluding hydrogens is 204 g/mol. The molecule has 1 fully saturated rings. The summed E-state index contributed by atoms with van der Waals surface area (Å²) >= 11 is 0. The second-order valence-electron chi connectivity index (χ2n) is 4.30. The Balaban J connectivity index is 1.81. The van der Waals surface area contributed by atoms with E-state index in [1.165, 1.54) is 12.8 Å². The van der Waals surface area contributed by atoms with Gasteiger partial charge in [0.1, 0.15) is 6.54 Å². The van der Waals surface area contributed by atoms with Gasteiger partial charge in [-0.2, -0.15) is 5.10 Å². The lowest BCUT2D eigenvalue weighted by Crippen LogP contribution is -2.35. The molecule has 1 aliphatic carbocycles. The van der Waals surface area contributed by atoms with E-state index >= 15 is 0 Å². The molecule has 0 unspecified atom stereocenters. The number of carbonyl (C=O) groups excluding carboxylic acids is 1. The first-order chi connectivity index (χ1) is 7.78. The van der Waals surface area contributed by atoms with Crippen LogP contribution in [0.4, 0.5) is 0 Å². The van der Waals surface area contributed by atoms with Crippen LogP contribution in [-0.4, -0.2) is 21.7 Å². The highest BCUT2D eigenvalue weighted by Gasteiger charge is 2.17. The molecule has 1 amide bonds. The van der Waals surface area contributed by atoms with Gasteiger partial charge in [-0.3, -0.25) is 9.48 Å². The van der Waals surface area contributed by atoms with E-state index in [9.17, 15) is 4.79 Å². The lowest BCUT2D eigenvalue weighted by molar-refractivity contribution is -0.122. The van der Waals surface area contributed by atoms with Gasteiger partial charge < -0.3 is 11.1 Å². The van der Waals surface area contributed by atoms with Gasteiger partial charge in [0.15, 0.2) is 0 Å². The molecule has 0 saturated heterocycles. The highest BCUT2D eigenvalue weighted by Crippen LogP contribution is 2.17. The molecule has 5 nitrogen and oxygen atoms in total. The second-order valence-corrected chi connectivity index (χ2v) is 4.30. The molecule has 3 N–H and O–H groups in total. The fraction of sp³-hybridized carbons (Fsp3) is 0.636. The van der Waals surface area contributed by atoms with Crippen molar-refractivity contribution in [2.45, 2.75) is 44.8 Å². The highest BCUT2D eigenvalue weighted by molar-refractivity contribution is 5.75. The fourth-order valence-electron chi connectivity index (χ4n) is 2.09. The number of hydrogen-bond acceptors (Lipinski definition) is 3. The van der Waals surface area contributed by atoms with Gasteiger partial charge in [-0.1, -0.05) is 12.8 Å². The third kappa shape index (κ3) is 2.82. The first-order valence-corrected chi connectivity index (χ1v) is 5.78. The average Bonchev–Trinajstić information content (AvgIpc) is 2.89. The summed E-state index contributed by atoms with van der Waals surface area (Å²) in [4.78, 5) is 11.7. The van der Waals surface area contributed by atoms with Gasteiger partial charge >= 0.3 is 0 Å². The van der Waals surface area contributed by atoms with Crippen molar-refractivity contribution >= 4 is 5.91 Å². The average molecular weight is 222 g/mol. The monoisotopic (exact) mass is 222 g/mol. The smallest absolute Gasteiger partial charge is 0.241 e. The molecule has 2 rings (SSSR count). The van der Waals surface area contributed by atoms with Gasteiger partial charge in [0.2, 0.25) is 5.91 Å². The Morgan fingerprint density at radius 1 is 1.56 bits per heavy atom. The SMILES string of the molecule is NCc1cnn(CC(=O)NC2CCCC2)c1. The minimum Gasteiger partial charge on any atom is -0.352 e. The zero-order chi connectivity index (χ0) is 11.4. The van der Waals surface area contributed by atoms with Gasteiger partial charge in [0.05, 0.1) is 6.20 Å². The van der Waals surface area contributed by atoms with Crippen LogP contribution in [0.3, 0.4) is 0 Å². The van der Waals surface area contributed by atoms with E-state index in [1.807, 2.05) is 6.20 Å². The molecule has 1 aromatic rings. The normalized spacial score (nSPS) is 16.6.